The fourth-order valence-corrected chi connectivity index (χ4v) is 7.27. The first-order valence-electron chi connectivity index (χ1n) is 12.1. The highest BCUT2D eigenvalue weighted by Gasteiger charge is 2.31. The van der Waals surface area contributed by atoms with Crippen molar-refractivity contribution in [3.63, 3.8) is 0 Å². The lowest BCUT2D eigenvalue weighted by Crippen LogP contribution is -2.26. The van der Waals surface area contributed by atoms with Gasteiger partial charge in [-0.3, -0.25) is 4.79 Å². The number of aliphatic hydroxyl groups is 1. The number of carbonyl (C=O) groups is 1. The van der Waals surface area contributed by atoms with Gasteiger partial charge in [-0.05, 0) is 44.9 Å². The molecule has 1 unspecified atom stereocenters. The summed E-state index contributed by atoms with van der Waals surface area (Å²) in [6.45, 7) is 0. The van der Waals surface area contributed by atoms with E-state index in [0.29, 0.717) is 28.0 Å². The number of nitrogens with zero attached hydrogens (tertiary/aromatic N) is 4. The molecule has 2 aromatic heterocycles. The number of nitrogens with one attached hydrogen (secondary N) is 2. The lowest BCUT2D eigenvalue weighted by atomic mass is 9.82. The van der Waals surface area contributed by atoms with Crippen LogP contribution in [-0.2, 0) is 4.79 Å². The van der Waals surface area contributed by atoms with Gasteiger partial charge in [0.25, 0.3) is 0 Å². The van der Waals surface area contributed by atoms with E-state index in [0.717, 1.165) is 74.2 Å². The minimum atomic E-state index is -0.531. The maximum Gasteiger partial charge on any atom is 0.229 e. The van der Waals surface area contributed by atoms with Gasteiger partial charge in [-0.2, -0.15) is 0 Å². The Kier molecular flexibility index (Phi) is 6.99. The molecular weight excluding hydrogens is 444 g/mol. The first-order valence-corrected chi connectivity index (χ1v) is 13.7. The molecule has 5 rings (SSSR count). The summed E-state index contributed by atoms with van der Waals surface area (Å²) in [6.07, 6.45) is 12.6. The van der Waals surface area contributed by atoms with Crippen molar-refractivity contribution in [1.29, 1.82) is 0 Å². The number of carbonyl (C=O) groups excluding carboxylic acids is 1. The molecule has 3 aliphatic carbocycles. The first-order chi connectivity index (χ1) is 15.7. The zero-order valence-electron chi connectivity index (χ0n) is 18.3. The maximum atomic E-state index is 12.4. The number of anilines is 2. The molecule has 0 saturated heterocycles. The van der Waals surface area contributed by atoms with Gasteiger partial charge in [-0.15, -0.1) is 20.4 Å². The van der Waals surface area contributed by atoms with Crippen LogP contribution in [0.2, 0.25) is 0 Å². The third-order valence-corrected chi connectivity index (χ3v) is 9.35. The molecule has 0 aromatic carbocycles. The number of hydrogen-bond acceptors (Lipinski definition) is 9. The number of aromatic nitrogens is 4. The second-order valence-electron chi connectivity index (χ2n) is 9.56. The van der Waals surface area contributed by atoms with Crippen molar-refractivity contribution >= 4 is 38.8 Å². The zero-order chi connectivity index (χ0) is 21.9. The van der Waals surface area contributed by atoms with Gasteiger partial charge in [0.05, 0.1) is 0 Å². The van der Waals surface area contributed by atoms with Crippen molar-refractivity contribution in [2.24, 2.45) is 11.8 Å². The highest BCUT2D eigenvalue weighted by Crippen LogP contribution is 2.43. The number of amides is 1. The topological polar surface area (TPSA) is 113 Å². The van der Waals surface area contributed by atoms with Crippen LogP contribution < -0.4 is 10.6 Å². The zero-order valence-corrected chi connectivity index (χ0v) is 20.0. The Morgan fingerprint density at radius 2 is 1.41 bits per heavy atom. The molecule has 3 aliphatic rings. The lowest BCUT2D eigenvalue weighted by molar-refractivity contribution is -0.119. The second-order valence-corrected chi connectivity index (χ2v) is 11.6. The Hall–Kier alpha value is -1.65. The molecule has 10 heteroatoms. The van der Waals surface area contributed by atoms with Gasteiger partial charge in [0.15, 0.2) is 0 Å². The highest BCUT2D eigenvalue weighted by molar-refractivity contribution is 7.15. The molecule has 3 fully saturated rings. The van der Waals surface area contributed by atoms with Crippen molar-refractivity contribution in [3.8, 4) is 0 Å². The molecule has 0 aliphatic heterocycles. The third kappa shape index (κ3) is 5.12. The Balaban J connectivity index is 1.17. The summed E-state index contributed by atoms with van der Waals surface area (Å²) in [6, 6.07) is 0. The van der Waals surface area contributed by atoms with Gasteiger partial charge in [-0.25, -0.2) is 0 Å². The largest absolute Gasteiger partial charge is 0.373 e. The van der Waals surface area contributed by atoms with Crippen LogP contribution in [0.5, 0.6) is 0 Å². The van der Waals surface area contributed by atoms with Crippen molar-refractivity contribution in [2.75, 3.05) is 10.6 Å². The van der Waals surface area contributed by atoms with Crippen molar-refractivity contribution < 1.29 is 9.90 Å². The average Bonchev–Trinajstić information content (AvgIpc) is 3.61. The quantitative estimate of drug-likeness (QED) is 0.488. The Morgan fingerprint density at radius 3 is 2.09 bits per heavy atom. The van der Waals surface area contributed by atoms with Gasteiger partial charge < -0.3 is 15.7 Å². The molecule has 32 heavy (non-hydrogen) atoms. The van der Waals surface area contributed by atoms with E-state index in [1.807, 2.05) is 0 Å². The molecule has 3 atom stereocenters. The van der Waals surface area contributed by atoms with Crippen molar-refractivity contribution in [3.05, 3.63) is 10.0 Å². The minimum Gasteiger partial charge on any atom is -0.373 e. The monoisotopic (exact) mass is 476 g/mol. The SMILES string of the molecule is O=C(Nc1nnc([C@H]2CCC[C@H](c3nnc(NC(O)C4CCCC4)s3)C2)s1)C1CCCC1. The smallest absolute Gasteiger partial charge is 0.229 e. The molecule has 2 aromatic rings. The van der Waals surface area contributed by atoms with Gasteiger partial charge in [-0.1, -0.05) is 54.8 Å². The number of aliphatic hydroxyl groups excluding tert-OH is 1. The predicted molar refractivity (Wildman–Crippen MR) is 126 cm³/mol. The molecule has 3 saturated carbocycles. The molecule has 3 N–H and O–H groups in total. The average molecular weight is 477 g/mol. The molecule has 1 amide bonds. The van der Waals surface area contributed by atoms with E-state index in [4.69, 9.17) is 0 Å². The summed E-state index contributed by atoms with van der Waals surface area (Å²) in [5, 5.41) is 37.4. The number of hydrogen-bond donors (Lipinski definition) is 3. The van der Waals surface area contributed by atoms with E-state index in [-0.39, 0.29) is 11.8 Å². The van der Waals surface area contributed by atoms with Crippen LogP contribution in [0.4, 0.5) is 10.3 Å². The van der Waals surface area contributed by atoms with Gasteiger partial charge in [0.2, 0.25) is 16.2 Å². The minimum absolute atomic E-state index is 0.0976. The van der Waals surface area contributed by atoms with Crippen molar-refractivity contribution in [1.82, 2.24) is 20.4 Å². The molecule has 8 nitrogen and oxygen atoms in total. The molecule has 0 spiro atoms. The maximum absolute atomic E-state index is 12.4. The molecule has 0 bridgehead atoms. The molecule has 0 radical (unpaired) electrons. The van der Waals surface area contributed by atoms with Gasteiger partial charge >= 0.3 is 0 Å². The summed E-state index contributed by atoms with van der Waals surface area (Å²) in [4.78, 5) is 12.4. The summed E-state index contributed by atoms with van der Waals surface area (Å²) in [5.41, 5.74) is 0. The summed E-state index contributed by atoms with van der Waals surface area (Å²) in [5.74, 6) is 1.25. The summed E-state index contributed by atoms with van der Waals surface area (Å²) in [7, 11) is 0. The normalized spacial score (nSPS) is 25.8. The number of rotatable bonds is 7. The van der Waals surface area contributed by atoms with Crippen LogP contribution in [0.1, 0.15) is 98.9 Å². The Bertz CT molecular complexity index is 906. The second kappa shape index (κ2) is 10.1. The standard InChI is InChI=1S/C22H32N6O2S2/c29-17(13-6-1-2-7-13)23-21-27-25-19(31-21)15-10-5-11-16(12-15)20-26-28-22(32-20)24-18(30)14-8-3-4-9-14/h13-17,29H,1-12H2,(H,23,27)(H,24,28,30)/t15-,16-,17?/m0/s1. The Morgan fingerprint density at radius 1 is 0.812 bits per heavy atom. The van der Waals surface area contributed by atoms with Gasteiger partial charge in [0, 0.05) is 23.7 Å². The third-order valence-electron chi connectivity index (χ3n) is 7.33. The molecular formula is C22H32N6O2S2. The lowest BCUT2D eigenvalue weighted by Gasteiger charge is -2.25. The van der Waals surface area contributed by atoms with E-state index in [9.17, 15) is 9.90 Å². The fourth-order valence-electron chi connectivity index (χ4n) is 5.46. The highest BCUT2D eigenvalue weighted by atomic mass is 32.1. The van der Waals surface area contributed by atoms with E-state index >= 15 is 0 Å². The van der Waals surface area contributed by atoms with Crippen LogP contribution in [0.3, 0.4) is 0 Å². The van der Waals surface area contributed by atoms with Crippen LogP contribution in [0, 0.1) is 11.8 Å². The van der Waals surface area contributed by atoms with Crippen LogP contribution >= 0.6 is 22.7 Å². The van der Waals surface area contributed by atoms with Crippen LogP contribution in [-0.4, -0.2) is 37.6 Å². The summed E-state index contributed by atoms with van der Waals surface area (Å²) < 4.78 is 0. The van der Waals surface area contributed by atoms with E-state index in [1.165, 1.54) is 24.2 Å². The summed E-state index contributed by atoms with van der Waals surface area (Å²) >= 11 is 3.09. The molecule has 174 valence electrons. The first kappa shape index (κ1) is 22.2. The predicted octanol–water partition coefficient (Wildman–Crippen LogP) is 4.88. The fraction of sp³-hybridized carbons (Fsp3) is 0.773. The van der Waals surface area contributed by atoms with Crippen molar-refractivity contribution in [2.45, 2.75) is 95.1 Å². The van der Waals surface area contributed by atoms with Gasteiger partial charge in [0.1, 0.15) is 16.2 Å². The van der Waals surface area contributed by atoms with Crippen LogP contribution in [0.25, 0.3) is 0 Å². The Labute approximate surface area is 196 Å². The van der Waals surface area contributed by atoms with E-state index in [1.54, 1.807) is 11.3 Å². The van der Waals surface area contributed by atoms with Crippen LogP contribution in [0.15, 0.2) is 0 Å². The van der Waals surface area contributed by atoms with E-state index < -0.39 is 6.23 Å². The van der Waals surface area contributed by atoms with E-state index in [2.05, 4.69) is 31.0 Å². The molecule has 2 heterocycles.